The lowest BCUT2D eigenvalue weighted by Gasteiger charge is -2.35. The number of carbonyl (C=O) groups is 2. The predicted molar refractivity (Wildman–Crippen MR) is 49.6 cm³/mol. The average molecular weight is 201 g/mol. The second kappa shape index (κ2) is 4.28. The van der Waals surface area contributed by atoms with E-state index in [0.29, 0.717) is 13.2 Å². The van der Waals surface area contributed by atoms with Crippen LogP contribution in [0.1, 0.15) is 0 Å². The first-order chi connectivity index (χ1) is 6.54. The summed E-state index contributed by atoms with van der Waals surface area (Å²) in [7, 11) is 3.27. The van der Waals surface area contributed by atoms with Crippen molar-refractivity contribution in [3.05, 3.63) is 0 Å². The van der Waals surface area contributed by atoms with Crippen molar-refractivity contribution in [2.75, 3.05) is 33.9 Å². The topological polar surface area (TPSA) is 75.9 Å². The molecule has 0 aromatic carbocycles. The number of rotatable bonds is 1. The third kappa shape index (κ3) is 2.14. The van der Waals surface area contributed by atoms with Crippen molar-refractivity contribution in [1.82, 2.24) is 9.80 Å². The number of hydrogen-bond donors (Lipinski definition) is 1. The molecule has 1 heterocycles. The van der Waals surface area contributed by atoms with Crippen LogP contribution >= 0.6 is 0 Å². The van der Waals surface area contributed by atoms with Crippen LogP contribution in [0.4, 0.5) is 4.79 Å². The number of urea groups is 1. The van der Waals surface area contributed by atoms with E-state index in [2.05, 4.69) is 0 Å². The lowest BCUT2D eigenvalue weighted by Crippen LogP contribution is -2.57. The Balaban J connectivity index is 2.72. The molecule has 1 atom stereocenters. The van der Waals surface area contributed by atoms with Crippen LogP contribution in [0, 0.1) is 0 Å². The molecule has 0 aromatic heterocycles. The van der Waals surface area contributed by atoms with Gasteiger partial charge in [0.15, 0.2) is 0 Å². The minimum Gasteiger partial charge on any atom is -0.377 e. The van der Waals surface area contributed by atoms with Crippen molar-refractivity contribution in [1.29, 1.82) is 0 Å². The van der Waals surface area contributed by atoms with E-state index in [1.54, 1.807) is 14.1 Å². The van der Waals surface area contributed by atoms with E-state index in [9.17, 15) is 9.59 Å². The fourth-order valence-corrected chi connectivity index (χ4v) is 1.33. The van der Waals surface area contributed by atoms with E-state index in [0.717, 1.165) is 0 Å². The Kier molecular flexibility index (Phi) is 3.29. The van der Waals surface area contributed by atoms with Gasteiger partial charge in [-0.2, -0.15) is 0 Å². The Labute approximate surface area is 82.6 Å². The number of morpholine rings is 1. The van der Waals surface area contributed by atoms with Crippen molar-refractivity contribution in [3.8, 4) is 0 Å². The highest BCUT2D eigenvalue weighted by molar-refractivity contribution is 5.86. The maximum absolute atomic E-state index is 11.6. The van der Waals surface area contributed by atoms with Crippen molar-refractivity contribution >= 4 is 11.9 Å². The van der Waals surface area contributed by atoms with E-state index < -0.39 is 11.9 Å². The smallest absolute Gasteiger partial charge is 0.320 e. The van der Waals surface area contributed by atoms with Gasteiger partial charge in [0.1, 0.15) is 6.04 Å². The molecule has 6 heteroatoms. The Hall–Kier alpha value is -1.30. The van der Waals surface area contributed by atoms with Crippen LogP contribution < -0.4 is 5.73 Å². The summed E-state index contributed by atoms with van der Waals surface area (Å²) in [6, 6.07) is -0.851. The van der Waals surface area contributed by atoms with Gasteiger partial charge in [-0.15, -0.1) is 0 Å². The van der Waals surface area contributed by atoms with Crippen LogP contribution in [0.2, 0.25) is 0 Å². The van der Waals surface area contributed by atoms with Gasteiger partial charge >= 0.3 is 6.03 Å². The molecule has 1 saturated heterocycles. The molecule has 0 saturated carbocycles. The molecular formula is C8H15N3O3. The standard InChI is InChI=1S/C8H15N3O3/c1-10(2)8(13)11-3-4-14-5-6(11)7(9)12/h6H,3-5H2,1-2H3,(H2,9,12). The zero-order valence-electron chi connectivity index (χ0n) is 8.40. The molecule has 0 spiro atoms. The fourth-order valence-electron chi connectivity index (χ4n) is 1.33. The molecule has 80 valence electrons. The van der Waals surface area contributed by atoms with Crippen molar-refractivity contribution < 1.29 is 14.3 Å². The van der Waals surface area contributed by atoms with E-state index in [1.807, 2.05) is 0 Å². The second-order valence-electron chi connectivity index (χ2n) is 3.36. The normalized spacial score (nSPS) is 21.9. The number of ether oxygens (including phenoxy) is 1. The van der Waals surface area contributed by atoms with Gasteiger partial charge < -0.3 is 20.3 Å². The number of hydrogen-bond acceptors (Lipinski definition) is 3. The van der Waals surface area contributed by atoms with Crippen molar-refractivity contribution in [3.63, 3.8) is 0 Å². The number of carbonyl (C=O) groups excluding carboxylic acids is 2. The second-order valence-corrected chi connectivity index (χ2v) is 3.36. The van der Waals surface area contributed by atoms with Crippen LogP contribution in [0.3, 0.4) is 0 Å². The van der Waals surface area contributed by atoms with Crippen LogP contribution in [0.25, 0.3) is 0 Å². The summed E-state index contributed by atoms with van der Waals surface area (Å²) in [5, 5.41) is 0. The highest BCUT2D eigenvalue weighted by Crippen LogP contribution is 2.08. The summed E-state index contributed by atoms with van der Waals surface area (Å²) in [4.78, 5) is 25.5. The SMILES string of the molecule is CN(C)C(=O)N1CCOCC1C(N)=O. The molecular weight excluding hydrogens is 186 g/mol. The van der Waals surface area contributed by atoms with Crippen LogP contribution in [-0.4, -0.2) is 61.6 Å². The molecule has 1 aliphatic heterocycles. The highest BCUT2D eigenvalue weighted by Gasteiger charge is 2.31. The fraction of sp³-hybridized carbons (Fsp3) is 0.750. The lowest BCUT2D eigenvalue weighted by atomic mass is 10.2. The molecule has 0 aromatic rings. The van der Waals surface area contributed by atoms with E-state index in [1.165, 1.54) is 9.80 Å². The molecule has 14 heavy (non-hydrogen) atoms. The van der Waals surface area contributed by atoms with E-state index >= 15 is 0 Å². The first-order valence-corrected chi connectivity index (χ1v) is 4.39. The van der Waals surface area contributed by atoms with Gasteiger partial charge in [-0.3, -0.25) is 4.79 Å². The van der Waals surface area contributed by atoms with Crippen LogP contribution in [0.15, 0.2) is 0 Å². The Bertz CT molecular complexity index is 242. The number of nitrogens with zero attached hydrogens (tertiary/aromatic N) is 2. The quantitative estimate of drug-likeness (QED) is 0.582. The summed E-state index contributed by atoms with van der Waals surface area (Å²) in [5.41, 5.74) is 5.16. The molecule has 0 bridgehead atoms. The van der Waals surface area contributed by atoms with E-state index in [-0.39, 0.29) is 12.6 Å². The first kappa shape index (κ1) is 10.8. The van der Waals surface area contributed by atoms with Crippen molar-refractivity contribution in [2.45, 2.75) is 6.04 Å². The maximum atomic E-state index is 11.6. The zero-order valence-corrected chi connectivity index (χ0v) is 8.40. The highest BCUT2D eigenvalue weighted by atomic mass is 16.5. The molecule has 1 unspecified atom stereocenters. The molecule has 2 N–H and O–H groups in total. The van der Waals surface area contributed by atoms with Gasteiger partial charge in [-0.1, -0.05) is 0 Å². The molecule has 1 fully saturated rings. The van der Waals surface area contributed by atoms with Gasteiger partial charge in [0, 0.05) is 20.6 Å². The number of primary amides is 1. The Morgan fingerprint density at radius 2 is 2.14 bits per heavy atom. The number of amides is 3. The summed E-state index contributed by atoms with van der Waals surface area (Å²) < 4.78 is 5.09. The summed E-state index contributed by atoms with van der Waals surface area (Å²) in [6.45, 7) is 1.04. The van der Waals surface area contributed by atoms with Gasteiger partial charge in [0.2, 0.25) is 5.91 Å². The first-order valence-electron chi connectivity index (χ1n) is 4.39. The molecule has 1 rings (SSSR count). The monoisotopic (exact) mass is 201 g/mol. The van der Waals surface area contributed by atoms with Crippen LogP contribution in [0.5, 0.6) is 0 Å². The summed E-state index contributed by atoms with van der Waals surface area (Å²) >= 11 is 0. The molecule has 0 aliphatic carbocycles. The van der Waals surface area contributed by atoms with Gasteiger partial charge in [-0.05, 0) is 0 Å². The maximum Gasteiger partial charge on any atom is 0.320 e. The predicted octanol–water partition coefficient (Wildman–Crippen LogP) is -1.15. The summed E-state index contributed by atoms with van der Waals surface area (Å²) in [5.74, 6) is -0.528. The third-order valence-corrected chi connectivity index (χ3v) is 2.09. The average Bonchev–Trinajstić information content (AvgIpc) is 2.16. The van der Waals surface area contributed by atoms with E-state index in [4.69, 9.17) is 10.5 Å². The van der Waals surface area contributed by atoms with Gasteiger partial charge in [0.05, 0.1) is 13.2 Å². The molecule has 3 amide bonds. The zero-order chi connectivity index (χ0) is 10.7. The van der Waals surface area contributed by atoms with Gasteiger partial charge in [0.25, 0.3) is 0 Å². The van der Waals surface area contributed by atoms with Crippen molar-refractivity contribution in [2.24, 2.45) is 5.73 Å². The number of nitrogens with two attached hydrogens (primary N) is 1. The minimum atomic E-state index is -0.640. The minimum absolute atomic E-state index is 0.189. The molecule has 0 radical (unpaired) electrons. The molecule has 6 nitrogen and oxygen atoms in total. The van der Waals surface area contributed by atoms with Gasteiger partial charge in [-0.25, -0.2) is 4.79 Å². The third-order valence-electron chi connectivity index (χ3n) is 2.09. The summed E-state index contributed by atoms with van der Waals surface area (Å²) in [6.07, 6.45) is 0. The Morgan fingerprint density at radius 1 is 1.50 bits per heavy atom. The Morgan fingerprint density at radius 3 is 2.64 bits per heavy atom. The van der Waals surface area contributed by atoms with Crippen LogP contribution in [-0.2, 0) is 9.53 Å². The largest absolute Gasteiger partial charge is 0.377 e. The lowest BCUT2D eigenvalue weighted by molar-refractivity contribution is -0.127. The molecule has 1 aliphatic rings.